The zero-order valence-electron chi connectivity index (χ0n) is 19.0. The van der Waals surface area contributed by atoms with Gasteiger partial charge in [-0.3, -0.25) is 4.79 Å². The van der Waals surface area contributed by atoms with E-state index in [0.29, 0.717) is 61.6 Å². The molecule has 34 heavy (non-hydrogen) atoms. The third-order valence-electron chi connectivity index (χ3n) is 6.26. The Balaban J connectivity index is 1.38. The van der Waals surface area contributed by atoms with Crippen molar-refractivity contribution in [3.8, 4) is 17.1 Å². The molecule has 1 saturated heterocycles. The molecule has 0 unspecified atom stereocenters. The molecular weight excluding hydrogens is 432 g/mol. The van der Waals surface area contributed by atoms with Crippen LogP contribution in [0.5, 0.6) is 0 Å². The van der Waals surface area contributed by atoms with Crippen LogP contribution in [0.15, 0.2) is 47.1 Å². The molecule has 4 heterocycles. The van der Waals surface area contributed by atoms with Crippen molar-refractivity contribution < 1.29 is 13.9 Å². The van der Waals surface area contributed by atoms with E-state index in [9.17, 15) is 4.79 Å². The monoisotopic (exact) mass is 458 g/mol. The number of carbonyl (C=O) groups excluding carboxylic acids is 1. The zero-order valence-corrected chi connectivity index (χ0v) is 19.0. The van der Waals surface area contributed by atoms with Crippen molar-refractivity contribution in [3.05, 3.63) is 54.0 Å². The van der Waals surface area contributed by atoms with Gasteiger partial charge in [-0.05, 0) is 31.2 Å². The number of nitrogens with zero attached hydrogens (tertiary/aromatic N) is 5. The summed E-state index contributed by atoms with van der Waals surface area (Å²) in [5.41, 5.74) is 4.33. The molecule has 0 spiro atoms. The van der Waals surface area contributed by atoms with Gasteiger partial charge in [0, 0.05) is 37.5 Å². The number of furan rings is 1. The predicted molar refractivity (Wildman–Crippen MR) is 127 cm³/mol. The molecule has 0 bridgehead atoms. The van der Waals surface area contributed by atoms with Crippen molar-refractivity contribution in [1.82, 2.24) is 25.1 Å². The number of hydrogen-bond donors (Lipinski definition) is 1. The average molecular weight is 459 g/mol. The van der Waals surface area contributed by atoms with Crippen LogP contribution in [-0.4, -0.2) is 58.5 Å². The number of anilines is 1. The van der Waals surface area contributed by atoms with Crippen LogP contribution >= 0.6 is 0 Å². The molecule has 2 fully saturated rings. The molecule has 1 N–H and O–H groups in total. The smallest absolute Gasteiger partial charge is 0.287 e. The van der Waals surface area contributed by atoms with Gasteiger partial charge in [-0.15, -0.1) is 0 Å². The van der Waals surface area contributed by atoms with Gasteiger partial charge in [0.15, 0.2) is 17.2 Å². The summed E-state index contributed by atoms with van der Waals surface area (Å²) >= 11 is 0. The molecule has 0 radical (unpaired) electrons. The van der Waals surface area contributed by atoms with E-state index in [1.807, 2.05) is 18.5 Å². The van der Waals surface area contributed by atoms with E-state index in [1.54, 1.807) is 10.7 Å². The number of ether oxygens (including phenoxy) is 1. The Kier molecular flexibility index (Phi) is 5.26. The van der Waals surface area contributed by atoms with Crippen LogP contribution in [0.25, 0.3) is 28.2 Å². The highest BCUT2D eigenvalue weighted by atomic mass is 16.5. The highest BCUT2D eigenvalue weighted by molar-refractivity contribution is 5.97. The topological polar surface area (TPSA) is 98.3 Å². The molecule has 3 aromatic heterocycles. The number of hydrogen-bond acceptors (Lipinski definition) is 7. The number of nitrogens with one attached hydrogen (secondary N) is 1. The minimum atomic E-state index is -0.222. The van der Waals surface area contributed by atoms with Crippen molar-refractivity contribution in [2.24, 2.45) is 5.92 Å². The number of benzene rings is 1. The van der Waals surface area contributed by atoms with Gasteiger partial charge in [0.1, 0.15) is 5.52 Å². The second-order valence-electron chi connectivity index (χ2n) is 8.97. The van der Waals surface area contributed by atoms with Gasteiger partial charge >= 0.3 is 0 Å². The maximum atomic E-state index is 12.7. The number of fused-ring (bicyclic) bond motifs is 1. The average Bonchev–Trinajstić information content (AvgIpc) is 3.37. The first-order chi connectivity index (χ1) is 16.6. The SMILES string of the molecule is Cc1cccc(-c2cnn(-c3nc(N4CCOCC4)c4oc(C(=O)NCC5CC5)cc4n3)c2)c1. The predicted octanol–water partition coefficient (Wildman–Crippen LogP) is 3.36. The Morgan fingerprint density at radius 3 is 2.79 bits per heavy atom. The Bertz CT molecular complexity index is 1350. The number of carbonyl (C=O) groups is 1. The van der Waals surface area contributed by atoms with E-state index in [1.165, 1.54) is 18.4 Å². The lowest BCUT2D eigenvalue weighted by Gasteiger charge is -2.27. The molecular formula is C25H26N6O3. The van der Waals surface area contributed by atoms with E-state index in [4.69, 9.17) is 19.1 Å². The molecule has 1 saturated carbocycles. The summed E-state index contributed by atoms with van der Waals surface area (Å²) < 4.78 is 13.2. The highest BCUT2D eigenvalue weighted by Crippen LogP contribution is 2.30. The number of amides is 1. The normalized spacial score (nSPS) is 16.2. The molecule has 1 aliphatic heterocycles. The van der Waals surface area contributed by atoms with Crippen LogP contribution in [0.2, 0.25) is 0 Å². The first-order valence-electron chi connectivity index (χ1n) is 11.7. The third-order valence-corrected chi connectivity index (χ3v) is 6.26. The van der Waals surface area contributed by atoms with Crippen LogP contribution in [0.1, 0.15) is 29.0 Å². The fraction of sp³-hybridized carbons (Fsp3) is 0.360. The molecule has 9 heteroatoms. The van der Waals surface area contributed by atoms with Crippen LogP contribution < -0.4 is 10.2 Å². The van der Waals surface area contributed by atoms with E-state index in [-0.39, 0.29) is 11.7 Å². The maximum absolute atomic E-state index is 12.7. The zero-order chi connectivity index (χ0) is 23.1. The molecule has 9 nitrogen and oxygen atoms in total. The van der Waals surface area contributed by atoms with Gasteiger partial charge in [-0.25, -0.2) is 9.67 Å². The Labute approximate surface area is 196 Å². The van der Waals surface area contributed by atoms with E-state index in [2.05, 4.69) is 40.4 Å². The lowest BCUT2D eigenvalue weighted by atomic mass is 10.1. The molecule has 174 valence electrons. The van der Waals surface area contributed by atoms with Crippen molar-refractivity contribution in [3.63, 3.8) is 0 Å². The summed E-state index contributed by atoms with van der Waals surface area (Å²) in [4.78, 5) is 24.3. The first kappa shape index (κ1) is 20.9. The summed E-state index contributed by atoms with van der Waals surface area (Å²) in [7, 11) is 0. The fourth-order valence-corrected chi connectivity index (χ4v) is 4.16. The molecule has 0 atom stereocenters. The van der Waals surface area contributed by atoms with Crippen LogP contribution in [0.3, 0.4) is 0 Å². The quantitative estimate of drug-likeness (QED) is 0.473. The second-order valence-corrected chi connectivity index (χ2v) is 8.97. The number of morpholine rings is 1. The van der Waals surface area contributed by atoms with Gasteiger partial charge in [-0.2, -0.15) is 10.1 Å². The largest absolute Gasteiger partial charge is 0.445 e. The van der Waals surface area contributed by atoms with Crippen molar-refractivity contribution in [2.75, 3.05) is 37.7 Å². The van der Waals surface area contributed by atoms with Gasteiger partial charge < -0.3 is 19.4 Å². The van der Waals surface area contributed by atoms with E-state index >= 15 is 0 Å². The molecule has 1 amide bonds. The summed E-state index contributed by atoms with van der Waals surface area (Å²) in [6, 6.07) is 9.96. The minimum Gasteiger partial charge on any atom is -0.445 e. The molecule has 2 aliphatic rings. The summed E-state index contributed by atoms with van der Waals surface area (Å²) in [5.74, 6) is 1.69. The third kappa shape index (κ3) is 4.14. The molecule has 1 aromatic carbocycles. The van der Waals surface area contributed by atoms with Crippen LogP contribution in [-0.2, 0) is 4.74 Å². The summed E-state index contributed by atoms with van der Waals surface area (Å²) in [5, 5.41) is 7.48. The minimum absolute atomic E-state index is 0.222. The van der Waals surface area contributed by atoms with Crippen molar-refractivity contribution in [1.29, 1.82) is 0 Å². The highest BCUT2D eigenvalue weighted by Gasteiger charge is 2.25. The van der Waals surface area contributed by atoms with Gasteiger partial charge in [0.05, 0.1) is 19.4 Å². The molecule has 4 aromatic rings. The maximum Gasteiger partial charge on any atom is 0.287 e. The fourth-order valence-electron chi connectivity index (χ4n) is 4.16. The number of aryl methyl sites for hydroxylation is 1. The number of rotatable bonds is 6. The van der Waals surface area contributed by atoms with E-state index < -0.39 is 0 Å². The van der Waals surface area contributed by atoms with Crippen molar-refractivity contribution >= 4 is 22.8 Å². The number of aromatic nitrogens is 4. The van der Waals surface area contributed by atoms with Gasteiger partial charge in [0.25, 0.3) is 11.9 Å². The Morgan fingerprint density at radius 1 is 1.15 bits per heavy atom. The summed E-state index contributed by atoms with van der Waals surface area (Å²) in [6.45, 7) is 5.33. The Morgan fingerprint density at radius 2 is 2.00 bits per heavy atom. The summed E-state index contributed by atoms with van der Waals surface area (Å²) in [6.07, 6.45) is 6.07. The second kappa shape index (κ2) is 8.57. The van der Waals surface area contributed by atoms with E-state index in [0.717, 1.165) is 11.1 Å². The first-order valence-corrected chi connectivity index (χ1v) is 11.7. The van der Waals surface area contributed by atoms with Crippen molar-refractivity contribution in [2.45, 2.75) is 19.8 Å². The lowest BCUT2D eigenvalue weighted by Crippen LogP contribution is -2.37. The van der Waals surface area contributed by atoms with Gasteiger partial charge in [0.2, 0.25) is 0 Å². The van der Waals surface area contributed by atoms with Crippen LogP contribution in [0, 0.1) is 12.8 Å². The van der Waals surface area contributed by atoms with Gasteiger partial charge in [-0.1, -0.05) is 29.8 Å². The molecule has 6 rings (SSSR count). The standard InChI is InChI=1S/C25H26N6O3/c1-16-3-2-4-18(11-16)19-14-27-31(15-19)25-28-20-12-21(24(32)26-13-17-5-6-17)34-22(20)23(29-25)30-7-9-33-10-8-30/h2-4,11-12,14-15,17H,5-10,13H2,1H3,(H,26,32). The lowest BCUT2D eigenvalue weighted by molar-refractivity contribution is 0.0926. The van der Waals surface area contributed by atoms with Crippen LogP contribution in [0.4, 0.5) is 5.82 Å². The molecule has 1 aliphatic carbocycles. The Hall–Kier alpha value is -3.72.